The smallest absolute Gasteiger partial charge is 0.251 e. The van der Waals surface area contributed by atoms with Gasteiger partial charge < -0.3 is 16.0 Å². The summed E-state index contributed by atoms with van der Waals surface area (Å²) >= 11 is 5.83. The Hall–Kier alpha value is -1.82. The van der Waals surface area contributed by atoms with Crippen LogP contribution in [-0.4, -0.2) is 36.4 Å². The first-order valence-corrected chi connectivity index (χ1v) is 6.39. The molecule has 0 spiro atoms. The van der Waals surface area contributed by atoms with Crippen molar-refractivity contribution in [2.24, 2.45) is 0 Å². The molecule has 7 heteroatoms. The third kappa shape index (κ3) is 3.57. The summed E-state index contributed by atoms with van der Waals surface area (Å²) in [6.45, 7) is 0.416. The van der Waals surface area contributed by atoms with Gasteiger partial charge in [-0.05, 0) is 18.6 Å². The van der Waals surface area contributed by atoms with Crippen molar-refractivity contribution < 1.29 is 9.59 Å². The summed E-state index contributed by atoms with van der Waals surface area (Å²) in [4.78, 5) is 27.0. The number of anilines is 1. The van der Waals surface area contributed by atoms with Crippen molar-refractivity contribution in [1.29, 1.82) is 0 Å². The van der Waals surface area contributed by atoms with E-state index in [9.17, 15) is 9.59 Å². The van der Waals surface area contributed by atoms with Crippen molar-refractivity contribution >= 4 is 29.2 Å². The number of halogens is 1. The quantitative estimate of drug-likeness (QED) is 0.713. The second-order valence-electron chi connectivity index (χ2n) is 4.33. The molecule has 0 saturated carbocycles. The molecular formula is C12H15ClN4O2. The highest BCUT2D eigenvalue weighted by Crippen LogP contribution is 2.14. The average molecular weight is 283 g/mol. The van der Waals surface area contributed by atoms with Crippen LogP contribution < -0.4 is 16.0 Å². The van der Waals surface area contributed by atoms with Gasteiger partial charge in [0.25, 0.3) is 5.91 Å². The molecule has 3 N–H and O–H groups in total. The molecule has 0 radical (unpaired) electrons. The molecule has 0 bridgehead atoms. The molecule has 1 aromatic heterocycles. The van der Waals surface area contributed by atoms with Crippen LogP contribution in [-0.2, 0) is 4.79 Å². The van der Waals surface area contributed by atoms with Gasteiger partial charge in [-0.25, -0.2) is 4.98 Å². The van der Waals surface area contributed by atoms with Crippen LogP contribution in [0.15, 0.2) is 12.1 Å². The van der Waals surface area contributed by atoms with Crippen LogP contribution in [0.3, 0.4) is 0 Å². The fourth-order valence-electron chi connectivity index (χ4n) is 1.90. The van der Waals surface area contributed by atoms with Crippen LogP contribution in [0.4, 0.5) is 5.82 Å². The first-order chi connectivity index (χ1) is 9.08. The lowest BCUT2D eigenvalue weighted by molar-refractivity contribution is -0.119. The predicted octanol–water partition coefficient (Wildman–Crippen LogP) is 0.785. The molecule has 6 nitrogen and oxygen atoms in total. The SMILES string of the molecule is CNc1cc(C(=O)NCC2CCC(=O)N2)cc(Cl)n1. The van der Waals surface area contributed by atoms with Crippen LogP contribution in [0.25, 0.3) is 0 Å². The van der Waals surface area contributed by atoms with Gasteiger partial charge in [-0.3, -0.25) is 9.59 Å². The minimum atomic E-state index is -0.234. The number of aromatic nitrogens is 1. The molecule has 0 aromatic carbocycles. The van der Waals surface area contributed by atoms with Crippen LogP contribution >= 0.6 is 11.6 Å². The van der Waals surface area contributed by atoms with Crippen molar-refractivity contribution in [1.82, 2.24) is 15.6 Å². The minimum Gasteiger partial charge on any atom is -0.373 e. The highest BCUT2D eigenvalue weighted by molar-refractivity contribution is 6.29. The summed E-state index contributed by atoms with van der Waals surface area (Å²) in [6, 6.07) is 3.14. The van der Waals surface area contributed by atoms with Gasteiger partial charge in [-0.1, -0.05) is 11.6 Å². The molecule has 1 aliphatic heterocycles. The van der Waals surface area contributed by atoms with Gasteiger partial charge >= 0.3 is 0 Å². The molecule has 2 amide bonds. The highest BCUT2D eigenvalue weighted by atomic mass is 35.5. The fraction of sp³-hybridized carbons (Fsp3) is 0.417. The van der Waals surface area contributed by atoms with Gasteiger partial charge in [0.2, 0.25) is 5.91 Å². The third-order valence-corrected chi connectivity index (χ3v) is 3.10. The maximum atomic E-state index is 12.0. The number of hydrogen-bond donors (Lipinski definition) is 3. The molecule has 19 heavy (non-hydrogen) atoms. The number of hydrogen-bond acceptors (Lipinski definition) is 4. The molecule has 2 rings (SSSR count). The van der Waals surface area contributed by atoms with Gasteiger partial charge in [0.1, 0.15) is 11.0 Å². The molecule has 1 saturated heterocycles. The van der Waals surface area contributed by atoms with Crippen LogP contribution in [0.2, 0.25) is 5.15 Å². The third-order valence-electron chi connectivity index (χ3n) is 2.91. The predicted molar refractivity (Wildman–Crippen MR) is 72.3 cm³/mol. The Bertz CT molecular complexity index is 507. The van der Waals surface area contributed by atoms with E-state index in [1.807, 2.05) is 0 Å². The van der Waals surface area contributed by atoms with Crippen molar-refractivity contribution in [3.8, 4) is 0 Å². The van der Waals surface area contributed by atoms with Crippen molar-refractivity contribution in [3.63, 3.8) is 0 Å². The lowest BCUT2D eigenvalue weighted by Gasteiger charge is -2.11. The van der Waals surface area contributed by atoms with E-state index < -0.39 is 0 Å². The van der Waals surface area contributed by atoms with Gasteiger partial charge in [-0.15, -0.1) is 0 Å². The summed E-state index contributed by atoms with van der Waals surface area (Å²) in [6.07, 6.45) is 1.27. The lowest BCUT2D eigenvalue weighted by Crippen LogP contribution is -2.38. The standard InChI is InChI=1S/C12H15ClN4O2/c1-14-10-5-7(4-9(13)17-10)12(19)15-6-8-2-3-11(18)16-8/h4-5,8H,2-3,6H2,1H3,(H,14,17)(H,15,19)(H,16,18). The van der Waals surface area contributed by atoms with E-state index >= 15 is 0 Å². The van der Waals surface area contributed by atoms with Crippen LogP contribution in [0.5, 0.6) is 0 Å². The summed E-state index contributed by atoms with van der Waals surface area (Å²) in [5, 5.41) is 8.65. The number of carbonyl (C=O) groups excluding carboxylic acids is 2. The Labute approximate surface area is 115 Å². The summed E-state index contributed by atoms with van der Waals surface area (Å²) < 4.78 is 0. The average Bonchev–Trinajstić information content (AvgIpc) is 2.81. The molecule has 1 aliphatic rings. The Morgan fingerprint density at radius 3 is 3.00 bits per heavy atom. The zero-order chi connectivity index (χ0) is 13.8. The van der Waals surface area contributed by atoms with Crippen molar-refractivity contribution in [2.75, 3.05) is 18.9 Å². The Balaban J connectivity index is 1.96. The first-order valence-electron chi connectivity index (χ1n) is 6.01. The summed E-state index contributed by atoms with van der Waals surface area (Å²) in [7, 11) is 1.70. The van der Waals surface area contributed by atoms with Crippen LogP contribution in [0, 0.1) is 0 Å². The summed E-state index contributed by atoms with van der Waals surface area (Å²) in [5.41, 5.74) is 0.439. The van der Waals surface area contributed by atoms with E-state index in [0.717, 1.165) is 6.42 Å². The number of carbonyl (C=O) groups is 2. The van der Waals surface area contributed by atoms with E-state index in [1.54, 1.807) is 13.1 Å². The molecule has 1 aromatic rings. The van der Waals surface area contributed by atoms with E-state index in [4.69, 9.17) is 11.6 Å². The van der Waals surface area contributed by atoms with E-state index in [-0.39, 0.29) is 23.0 Å². The maximum Gasteiger partial charge on any atom is 0.251 e. The molecule has 102 valence electrons. The van der Waals surface area contributed by atoms with E-state index in [2.05, 4.69) is 20.9 Å². The number of nitrogens with zero attached hydrogens (tertiary/aromatic N) is 1. The topological polar surface area (TPSA) is 83.1 Å². The van der Waals surface area contributed by atoms with Gasteiger partial charge in [0.05, 0.1) is 0 Å². The van der Waals surface area contributed by atoms with Crippen molar-refractivity contribution in [3.05, 3.63) is 22.8 Å². The van der Waals surface area contributed by atoms with E-state index in [0.29, 0.717) is 24.3 Å². The number of rotatable bonds is 4. The highest BCUT2D eigenvalue weighted by Gasteiger charge is 2.21. The Morgan fingerprint density at radius 2 is 2.37 bits per heavy atom. The largest absolute Gasteiger partial charge is 0.373 e. The molecular weight excluding hydrogens is 268 g/mol. The van der Waals surface area contributed by atoms with Gasteiger partial charge in [0.15, 0.2) is 0 Å². The van der Waals surface area contributed by atoms with Crippen molar-refractivity contribution in [2.45, 2.75) is 18.9 Å². The van der Waals surface area contributed by atoms with Gasteiger partial charge in [-0.2, -0.15) is 0 Å². The minimum absolute atomic E-state index is 0.0116. The number of amides is 2. The monoisotopic (exact) mass is 282 g/mol. The molecule has 2 heterocycles. The Kier molecular flexibility index (Phi) is 4.21. The zero-order valence-electron chi connectivity index (χ0n) is 10.5. The number of nitrogens with one attached hydrogen (secondary N) is 3. The Morgan fingerprint density at radius 1 is 1.58 bits per heavy atom. The van der Waals surface area contributed by atoms with Gasteiger partial charge in [0, 0.05) is 31.6 Å². The van der Waals surface area contributed by atoms with E-state index in [1.165, 1.54) is 6.07 Å². The summed E-state index contributed by atoms with van der Waals surface area (Å²) in [5.74, 6) is 0.331. The second kappa shape index (κ2) is 5.88. The van der Waals surface area contributed by atoms with Crippen LogP contribution in [0.1, 0.15) is 23.2 Å². The fourth-order valence-corrected chi connectivity index (χ4v) is 2.11. The molecule has 1 unspecified atom stereocenters. The molecule has 0 aliphatic carbocycles. The lowest BCUT2D eigenvalue weighted by atomic mass is 10.2. The first kappa shape index (κ1) is 13.6. The molecule has 1 fully saturated rings. The maximum absolute atomic E-state index is 12.0. The normalized spacial score (nSPS) is 18.0. The second-order valence-corrected chi connectivity index (χ2v) is 4.71. The molecule has 1 atom stereocenters. The number of pyridine rings is 1. The zero-order valence-corrected chi connectivity index (χ0v) is 11.3.